The Labute approximate surface area is 356 Å². The van der Waals surface area contributed by atoms with Crippen molar-refractivity contribution in [2.45, 2.75) is 15.2 Å². The minimum atomic E-state index is -0.526. The molecule has 2 aliphatic rings. The molecule has 0 radical (unpaired) electrons. The maximum absolute atomic E-state index is 5.44. The lowest BCUT2D eigenvalue weighted by Gasteiger charge is -2.40. The largest absolute Gasteiger partial charge is 0.277 e. The maximum Gasteiger partial charge on any atom is 0.238 e. The Balaban J connectivity index is 1.15. The van der Waals surface area contributed by atoms with Gasteiger partial charge in [0, 0.05) is 31.7 Å². The molecular formula is C56H34N4S. The SMILES string of the molecule is c1ccc(-c2ccc(-c3nc(-c4ccccc4)nc(-n4c5ccc6ccccc6c5c5ccc6c(c54)Sc4ccccc4C64c5ccccc5-c5ccccc54)n3)cc2)cc1. The van der Waals surface area contributed by atoms with E-state index in [4.69, 9.17) is 15.0 Å². The summed E-state index contributed by atoms with van der Waals surface area (Å²) in [4.78, 5) is 18.5. The van der Waals surface area contributed by atoms with Crippen molar-refractivity contribution in [1.82, 2.24) is 19.5 Å². The molecule has 284 valence electrons. The highest BCUT2D eigenvalue weighted by Crippen LogP contribution is 2.63. The fourth-order valence-corrected chi connectivity index (χ4v) is 11.5. The minimum absolute atomic E-state index is 0.526. The van der Waals surface area contributed by atoms with E-state index < -0.39 is 5.41 Å². The second-order valence-electron chi connectivity index (χ2n) is 15.9. The standard InChI is InChI=1S/C56H34N4S/c1-3-15-35(16-4-1)36-27-29-39(30-28-36)54-57-53(38-18-5-2-6-19-38)58-55(59-54)60-48-34-31-37-17-7-8-20-40(37)50(48)43-32-33-47-52(51(43)60)61-49-26-14-13-25-46(49)56(47)44-23-11-9-21-41(44)42-22-10-12-24-45(42)56/h1-34H. The van der Waals surface area contributed by atoms with E-state index in [1.165, 1.54) is 70.3 Å². The molecule has 2 aromatic heterocycles. The Hall–Kier alpha value is -7.60. The van der Waals surface area contributed by atoms with Gasteiger partial charge in [0.1, 0.15) is 0 Å². The van der Waals surface area contributed by atoms with E-state index in [0.717, 1.165) is 27.7 Å². The first kappa shape index (κ1) is 34.3. The van der Waals surface area contributed by atoms with E-state index in [2.05, 4.69) is 187 Å². The second kappa shape index (κ2) is 13.2. The topological polar surface area (TPSA) is 43.6 Å². The molecule has 1 spiro atoms. The Morgan fingerprint density at radius 1 is 0.393 bits per heavy atom. The normalized spacial score (nSPS) is 13.3. The third kappa shape index (κ3) is 4.92. The lowest BCUT2D eigenvalue weighted by Crippen LogP contribution is -2.32. The van der Waals surface area contributed by atoms with Gasteiger partial charge in [-0.05, 0) is 67.4 Å². The average molecular weight is 795 g/mol. The van der Waals surface area contributed by atoms with E-state index in [0.29, 0.717) is 17.6 Å². The first-order chi connectivity index (χ1) is 30.3. The van der Waals surface area contributed by atoms with Gasteiger partial charge in [0.25, 0.3) is 0 Å². The molecule has 5 heteroatoms. The van der Waals surface area contributed by atoms with Crippen LogP contribution in [0, 0.1) is 0 Å². The van der Waals surface area contributed by atoms with Crippen LogP contribution in [0.5, 0.6) is 0 Å². The summed E-state index contributed by atoms with van der Waals surface area (Å²) < 4.78 is 2.33. The summed E-state index contributed by atoms with van der Waals surface area (Å²) >= 11 is 1.86. The molecule has 0 N–H and O–H groups in total. The average Bonchev–Trinajstić information content (AvgIpc) is 3.84. The van der Waals surface area contributed by atoms with Gasteiger partial charge in [-0.2, -0.15) is 9.97 Å². The fourth-order valence-electron chi connectivity index (χ4n) is 10.1. The van der Waals surface area contributed by atoms with Crippen molar-refractivity contribution in [1.29, 1.82) is 0 Å². The summed E-state index contributed by atoms with van der Waals surface area (Å²) in [6, 6.07) is 74.3. The number of hydrogen-bond acceptors (Lipinski definition) is 4. The molecule has 0 saturated heterocycles. The Bertz CT molecular complexity index is 3510. The number of rotatable bonds is 4. The first-order valence-electron chi connectivity index (χ1n) is 20.7. The van der Waals surface area contributed by atoms with E-state index in [1.54, 1.807) is 0 Å². The fraction of sp³-hybridized carbons (Fsp3) is 0.0179. The van der Waals surface area contributed by atoms with Crippen molar-refractivity contribution in [3.63, 3.8) is 0 Å². The van der Waals surface area contributed by atoms with Gasteiger partial charge >= 0.3 is 0 Å². The van der Waals surface area contributed by atoms with Gasteiger partial charge in [-0.1, -0.05) is 206 Å². The van der Waals surface area contributed by atoms with Gasteiger partial charge in [0.2, 0.25) is 5.95 Å². The molecule has 11 aromatic rings. The molecule has 3 heterocycles. The van der Waals surface area contributed by atoms with E-state index in [1.807, 2.05) is 36.0 Å². The molecular weight excluding hydrogens is 761 g/mol. The number of benzene rings is 9. The van der Waals surface area contributed by atoms with Crippen LogP contribution in [0.2, 0.25) is 0 Å². The van der Waals surface area contributed by atoms with Crippen molar-refractivity contribution in [2.24, 2.45) is 0 Å². The summed E-state index contributed by atoms with van der Waals surface area (Å²) in [5.41, 5.74) is 13.6. The molecule has 61 heavy (non-hydrogen) atoms. The third-order valence-electron chi connectivity index (χ3n) is 12.7. The summed E-state index contributed by atoms with van der Waals surface area (Å²) in [7, 11) is 0. The lowest BCUT2D eigenvalue weighted by atomic mass is 9.67. The van der Waals surface area contributed by atoms with Crippen LogP contribution in [-0.2, 0) is 5.41 Å². The van der Waals surface area contributed by atoms with Crippen LogP contribution in [0.4, 0.5) is 0 Å². The number of fused-ring (bicyclic) bond motifs is 15. The predicted octanol–water partition coefficient (Wildman–Crippen LogP) is 14.0. The smallest absolute Gasteiger partial charge is 0.238 e. The number of aromatic nitrogens is 4. The van der Waals surface area contributed by atoms with Crippen molar-refractivity contribution in [3.05, 3.63) is 229 Å². The van der Waals surface area contributed by atoms with E-state index >= 15 is 0 Å². The zero-order chi connectivity index (χ0) is 40.1. The molecule has 0 atom stereocenters. The number of hydrogen-bond donors (Lipinski definition) is 0. The zero-order valence-corrected chi connectivity index (χ0v) is 33.6. The van der Waals surface area contributed by atoms with Crippen molar-refractivity contribution in [2.75, 3.05) is 0 Å². The van der Waals surface area contributed by atoms with Crippen LogP contribution in [0.1, 0.15) is 22.3 Å². The molecule has 0 fully saturated rings. The van der Waals surface area contributed by atoms with Crippen LogP contribution >= 0.6 is 11.8 Å². The lowest BCUT2D eigenvalue weighted by molar-refractivity contribution is 0.724. The second-order valence-corrected chi connectivity index (χ2v) is 16.9. The van der Waals surface area contributed by atoms with Gasteiger partial charge in [-0.15, -0.1) is 0 Å². The van der Waals surface area contributed by atoms with Gasteiger partial charge in [-0.25, -0.2) is 4.98 Å². The third-order valence-corrected chi connectivity index (χ3v) is 13.9. The molecule has 9 aromatic carbocycles. The van der Waals surface area contributed by atoms with Crippen LogP contribution in [-0.4, -0.2) is 19.5 Å². The maximum atomic E-state index is 5.44. The monoisotopic (exact) mass is 794 g/mol. The Kier molecular flexibility index (Phi) is 7.42. The molecule has 0 unspecified atom stereocenters. The summed E-state index contributed by atoms with van der Waals surface area (Å²) in [5, 5.41) is 4.75. The van der Waals surface area contributed by atoms with E-state index in [9.17, 15) is 0 Å². The molecule has 0 bridgehead atoms. The zero-order valence-electron chi connectivity index (χ0n) is 32.8. The van der Waals surface area contributed by atoms with Crippen molar-refractivity contribution < 1.29 is 0 Å². The summed E-state index contributed by atoms with van der Waals surface area (Å²) in [6.07, 6.45) is 0. The molecule has 13 rings (SSSR count). The Morgan fingerprint density at radius 2 is 0.951 bits per heavy atom. The minimum Gasteiger partial charge on any atom is -0.277 e. The first-order valence-corrected chi connectivity index (χ1v) is 21.5. The number of nitrogens with zero attached hydrogens (tertiary/aromatic N) is 4. The summed E-state index contributed by atoms with van der Waals surface area (Å²) in [5.74, 6) is 1.83. The van der Waals surface area contributed by atoms with E-state index in [-0.39, 0.29) is 0 Å². The van der Waals surface area contributed by atoms with Gasteiger partial charge in [0.15, 0.2) is 11.6 Å². The molecule has 4 nitrogen and oxygen atoms in total. The van der Waals surface area contributed by atoms with Gasteiger partial charge in [-0.3, -0.25) is 4.57 Å². The predicted molar refractivity (Wildman–Crippen MR) is 249 cm³/mol. The summed E-state index contributed by atoms with van der Waals surface area (Å²) in [6.45, 7) is 0. The highest BCUT2D eigenvalue weighted by molar-refractivity contribution is 7.99. The van der Waals surface area contributed by atoms with Gasteiger partial charge < -0.3 is 0 Å². The van der Waals surface area contributed by atoms with Crippen molar-refractivity contribution in [3.8, 4) is 51.0 Å². The van der Waals surface area contributed by atoms with Crippen LogP contribution in [0.25, 0.3) is 83.6 Å². The highest BCUT2D eigenvalue weighted by atomic mass is 32.2. The van der Waals surface area contributed by atoms with Crippen LogP contribution in [0.3, 0.4) is 0 Å². The Morgan fingerprint density at radius 3 is 1.67 bits per heavy atom. The molecule has 0 amide bonds. The molecule has 1 aliphatic heterocycles. The quantitative estimate of drug-likeness (QED) is 0.178. The van der Waals surface area contributed by atoms with Gasteiger partial charge in [0.05, 0.1) is 16.4 Å². The van der Waals surface area contributed by atoms with Crippen molar-refractivity contribution >= 4 is 44.3 Å². The van der Waals surface area contributed by atoms with Crippen LogP contribution < -0.4 is 0 Å². The highest BCUT2D eigenvalue weighted by Gasteiger charge is 2.50. The molecule has 0 saturated carbocycles. The molecule has 1 aliphatic carbocycles. The van der Waals surface area contributed by atoms with Crippen LogP contribution in [0.15, 0.2) is 216 Å².